The minimum absolute atomic E-state index is 0.122. The fraction of sp³-hybridized carbons (Fsp3) is 0.533. The van der Waals surface area contributed by atoms with E-state index in [-0.39, 0.29) is 12.5 Å². The molecule has 0 amide bonds. The summed E-state index contributed by atoms with van der Waals surface area (Å²) in [5, 5.41) is 10.3. The topological polar surface area (TPSA) is 67.8 Å². The molecule has 0 aliphatic rings. The van der Waals surface area contributed by atoms with Crippen molar-refractivity contribution in [3.63, 3.8) is 0 Å². The number of hydrogen-bond acceptors (Lipinski definition) is 2. The molecule has 1 rings (SSSR count). The number of carboxylic acid groups (broad SMARTS) is 1. The molecule has 1 atom stereocenters. The zero-order valence-corrected chi connectivity index (χ0v) is 11.3. The summed E-state index contributed by atoms with van der Waals surface area (Å²) in [5.41, 5.74) is 6.61. The lowest BCUT2D eigenvalue weighted by Crippen LogP contribution is -2.53. The van der Waals surface area contributed by atoms with E-state index in [0.29, 0.717) is 12.3 Å². The third-order valence-electron chi connectivity index (χ3n) is 3.03. The predicted octanol–water partition coefficient (Wildman–Crippen LogP) is 1.09. The Hall–Kier alpha value is -1.35. The highest BCUT2D eigenvalue weighted by atomic mass is 16.4. The summed E-state index contributed by atoms with van der Waals surface area (Å²) in [7, 11) is 0. The molecule has 0 unspecified atom stereocenters. The Bertz CT molecular complexity index is 371. The maximum atomic E-state index is 10.3. The highest BCUT2D eigenvalue weighted by molar-refractivity contribution is 5.64. The van der Waals surface area contributed by atoms with E-state index in [9.17, 15) is 9.90 Å². The summed E-state index contributed by atoms with van der Waals surface area (Å²) in [6.07, 6.45) is 2.63. The molecule has 0 saturated carbocycles. The maximum absolute atomic E-state index is 10.3. The van der Waals surface area contributed by atoms with Gasteiger partial charge in [0, 0.05) is 18.0 Å². The zero-order valence-electron chi connectivity index (χ0n) is 11.3. The fourth-order valence-corrected chi connectivity index (χ4v) is 2.06. The Morgan fingerprint density at radius 1 is 1.28 bits per heavy atom. The Morgan fingerprint density at radius 3 is 2.39 bits per heavy atom. The summed E-state index contributed by atoms with van der Waals surface area (Å²) in [5.74, 6) is -0.316. The summed E-state index contributed by atoms with van der Waals surface area (Å²) in [6.45, 7) is 4.41. The number of carboxylic acids is 1. The van der Waals surface area contributed by atoms with Crippen molar-refractivity contribution in [2.45, 2.75) is 45.6 Å². The van der Waals surface area contributed by atoms with Gasteiger partial charge < -0.3 is 15.6 Å². The number of quaternary nitrogens is 1. The van der Waals surface area contributed by atoms with Gasteiger partial charge in [0.2, 0.25) is 0 Å². The van der Waals surface area contributed by atoms with Crippen molar-refractivity contribution < 1.29 is 15.6 Å². The SMILES string of the molecule is CC(C)Cc1ccc([C@@H]([NH3+])CCCC(=O)[O-])cc1. The predicted molar refractivity (Wildman–Crippen MR) is 69.5 cm³/mol. The van der Waals surface area contributed by atoms with E-state index in [4.69, 9.17) is 0 Å². The van der Waals surface area contributed by atoms with Gasteiger partial charge in [-0.05, 0) is 30.7 Å². The smallest absolute Gasteiger partial charge is 0.110 e. The average molecular weight is 249 g/mol. The fourth-order valence-electron chi connectivity index (χ4n) is 2.06. The van der Waals surface area contributed by atoms with Crippen LogP contribution in [-0.2, 0) is 11.2 Å². The first kappa shape index (κ1) is 14.7. The standard InChI is InChI=1S/C15H23NO2/c1-11(2)10-12-6-8-13(9-7-12)14(16)4-3-5-15(17)18/h6-9,11,14H,3-5,10,16H2,1-2H3,(H,17,18)/t14-/m0/s1. The molecule has 0 spiro atoms. The first-order chi connectivity index (χ1) is 8.49. The van der Waals surface area contributed by atoms with Crippen molar-refractivity contribution >= 4 is 5.97 Å². The molecule has 3 nitrogen and oxygen atoms in total. The zero-order chi connectivity index (χ0) is 13.5. The molecule has 0 radical (unpaired) electrons. The molecule has 3 N–H and O–H groups in total. The summed E-state index contributed by atoms with van der Waals surface area (Å²) < 4.78 is 0. The van der Waals surface area contributed by atoms with Gasteiger partial charge >= 0.3 is 0 Å². The van der Waals surface area contributed by atoms with Crippen molar-refractivity contribution in [1.82, 2.24) is 0 Å². The number of carbonyl (C=O) groups excluding carboxylic acids is 1. The van der Waals surface area contributed by atoms with Crippen molar-refractivity contribution in [3.8, 4) is 0 Å². The van der Waals surface area contributed by atoms with Crippen LogP contribution >= 0.6 is 0 Å². The molecule has 3 heteroatoms. The van der Waals surface area contributed by atoms with E-state index in [0.717, 1.165) is 12.8 Å². The van der Waals surface area contributed by atoms with Crippen LogP contribution in [0.15, 0.2) is 24.3 Å². The van der Waals surface area contributed by atoms with Crippen LogP contribution in [0.1, 0.15) is 50.3 Å². The number of aliphatic carboxylic acids is 1. The number of carbonyl (C=O) groups is 1. The molecule has 0 bridgehead atoms. The van der Waals surface area contributed by atoms with Crippen LogP contribution in [0.4, 0.5) is 0 Å². The first-order valence-corrected chi connectivity index (χ1v) is 6.60. The molecule has 0 aliphatic carbocycles. The highest BCUT2D eigenvalue weighted by Crippen LogP contribution is 2.17. The van der Waals surface area contributed by atoms with Crippen molar-refractivity contribution in [2.75, 3.05) is 0 Å². The summed E-state index contributed by atoms with van der Waals surface area (Å²) >= 11 is 0. The van der Waals surface area contributed by atoms with E-state index in [1.807, 2.05) is 0 Å². The van der Waals surface area contributed by atoms with E-state index < -0.39 is 5.97 Å². The molecule has 0 aromatic heterocycles. The molecule has 1 aromatic carbocycles. The van der Waals surface area contributed by atoms with E-state index in [1.165, 1.54) is 11.1 Å². The molecule has 0 fully saturated rings. The van der Waals surface area contributed by atoms with Gasteiger partial charge in [-0.2, -0.15) is 0 Å². The molecule has 100 valence electrons. The summed E-state index contributed by atoms with van der Waals surface area (Å²) in [6, 6.07) is 8.67. The normalized spacial score (nSPS) is 12.7. The Kier molecular flexibility index (Phi) is 5.86. The second-order valence-corrected chi connectivity index (χ2v) is 5.30. The monoisotopic (exact) mass is 249 g/mol. The Labute approximate surface area is 109 Å². The first-order valence-electron chi connectivity index (χ1n) is 6.60. The van der Waals surface area contributed by atoms with Gasteiger partial charge in [-0.1, -0.05) is 38.1 Å². The largest absolute Gasteiger partial charge is 0.550 e. The molecule has 0 saturated heterocycles. The number of rotatable bonds is 7. The van der Waals surface area contributed by atoms with Crippen LogP contribution in [0.3, 0.4) is 0 Å². The quantitative estimate of drug-likeness (QED) is 0.786. The van der Waals surface area contributed by atoms with Gasteiger partial charge in [0.15, 0.2) is 0 Å². The molecule has 1 aromatic rings. The van der Waals surface area contributed by atoms with Gasteiger partial charge in [-0.3, -0.25) is 0 Å². The molecule has 0 aliphatic heterocycles. The third kappa shape index (κ3) is 5.32. The lowest BCUT2D eigenvalue weighted by Gasteiger charge is -2.11. The van der Waals surface area contributed by atoms with Crippen LogP contribution in [0, 0.1) is 5.92 Å². The Morgan fingerprint density at radius 2 is 1.89 bits per heavy atom. The van der Waals surface area contributed by atoms with Crippen LogP contribution in [0.5, 0.6) is 0 Å². The van der Waals surface area contributed by atoms with Crippen molar-refractivity contribution in [3.05, 3.63) is 35.4 Å². The molecular formula is C15H23NO2. The Balaban J connectivity index is 2.48. The second-order valence-electron chi connectivity index (χ2n) is 5.30. The van der Waals surface area contributed by atoms with Crippen LogP contribution in [0.25, 0.3) is 0 Å². The van der Waals surface area contributed by atoms with Crippen molar-refractivity contribution in [1.29, 1.82) is 0 Å². The maximum Gasteiger partial charge on any atom is 0.110 e. The summed E-state index contributed by atoms with van der Waals surface area (Å²) in [4.78, 5) is 10.3. The van der Waals surface area contributed by atoms with Gasteiger partial charge in [0.05, 0.1) is 0 Å². The number of hydrogen-bond donors (Lipinski definition) is 1. The lowest BCUT2D eigenvalue weighted by molar-refractivity contribution is -0.428. The highest BCUT2D eigenvalue weighted by Gasteiger charge is 2.09. The van der Waals surface area contributed by atoms with E-state index >= 15 is 0 Å². The minimum Gasteiger partial charge on any atom is -0.550 e. The van der Waals surface area contributed by atoms with Gasteiger partial charge in [0.1, 0.15) is 6.04 Å². The molecule has 18 heavy (non-hydrogen) atoms. The van der Waals surface area contributed by atoms with Gasteiger partial charge in [0.25, 0.3) is 0 Å². The molecular weight excluding hydrogens is 226 g/mol. The third-order valence-corrected chi connectivity index (χ3v) is 3.03. The second kappa shape index (κ2) is 7.17. The van der Waals surface area contributed by atoms with E-state index in [2.05, 4.69) is 43.8 Å². The molecule has 0 heterocycles. The van der Waals surface area contributed by atoms with Crippen LogP contribution in [-0.4, -0.2) is 5.97 Å². The van der Waals surface area contributed by atoms with Crippen LogP contribution < -0.4 is 10.8 Å². The average Bonchev–Trinajstić information content (AvgIpc) is 2.28. The van der Waals surface area contributed by atoms with Crippen molar-refractivity contribution in [2.24, 2.45) is 5.92 Å². The van der Waals surface area contributed by atoms with Gasteiger partial charge in [-0.25, -0.2) is 0 Å². The lowest BCUT2D eigenvalue weighted by atomic mass is 9.97. The van der Waals surface area contributed by atoms with Crippen LogP contribution in [0.2, 0.25) is 0 Å². The van der Waals surface area contributed by atoms with Gasteiger partial charge in [-0.15, -0.1) is 0 Å². The number of benzene rings is 1. The van der Waals surface area contributed by atoms with E-state index in [1.54, 1.807) is 0 Å². The minimum atomic E-state index is -0.977.